The Hall–Kier alpha value is -3.43. The van der Waals surface area contributed by atoms with Gasteiger partial charge in [0.15, 0.2) is 0 Å². The number of anilines is 2. The zero-order valence-corrected chi connectivity index (χ0v) is 23.5. The molecule has 2 fully saturated rings. The Morgan fingerprint density at radius 3 is 2.48 bits per heavy atom. The second-order valence-electron chi connectivity index (χ2n) is 10.6. The van der Waals surface area contributed by atoms with E-state index in [1.165, 1.54) is 32.1 Å². The largest absolute Gasteiger partial charge is 0.483 e. The van der Waals surface area contributed by atoms with Crippen molar-refractivity contribution in [3.63, 3.8) is 0 Å². The number of rotatable bonds is 12. The van der Waals surface area contributed by atoms with Gasteiger partial charge in [0.25, 0.3) is 12.4 Å². The maximum atomic E-state index is 13.5. The average Bonchev–Trinajstić information content (AvgIpc) is 3.40. The summed E-state index contributed by atoms with van der Waals surface area (Å²) < 4.78 is 0. The van der Waals surface area contributed by atoms with E-state index in [2.05, 4.69) is 16.0 Å². The fourth-order valence-corrected chi connectivity index (χ4v) is 5.50. The van der Waals surface area contributed by atoms with Crippen LogP contribution in [-0.4, -0.2) is 66.8 Å². The summed E-state index contributed by atoms with van der Waals surface area (Å²) in [5.41, 5.74) is 3.08. The molecular weight excluding hydrogens is 508 g/mol. The first-order valence-corrected chi connectivity index (χ1v) is 14.5. The maximum absolute atomic E-state index is 13.5. The molecule has 0 aromatic heterocycles. The van der Waals surface area contributed by atoms with Crippen molar-refractivity contribution >= 4 is 29.7 Å². The van der Waals surface area contributed by atoms with Crippen LogP contribution in [0.5, 0.6) is 0 Å². The number of hydrogen-bond donors (Lipinski definition) is 5. The molecule has 1 heterocycles. The van der Waals surface area contributed by atoms with Crippen molar-refractivity contribution in [1.29, 1.82) is 0 Å². The molecule has 1 aliphatic heterocycles. The predicted molar refractivity (Wildman–Crippen MR) is 158 cm³/mol. The number of aliphatic hydroxyl groups is 1. The minimum atomic E-state index is -0.732. The Labute approximate surface area is 237 Å². The topological polar surface area (TPSA) is 131 Å². The molecule has 5 N–H and O–H groups in total. The van der Waals surface area contributed by atoms with Gasteiger partial charge in [-0.3, -0.25) is 14.4 Å². The van der Waals surface area contributed by atoms with Crippen molar-refractivity contribution in [3.8, 4) is 0 Å². The van der Waals surface area contributed by atoms with Crippen molar-refractivity contribution < 1.29 is 24.6 Å². The van der Waals surface area contributed by atoms with Crippen LogP contribution in [0.4, 0.5) is 11.4 Å². The summed E-state index contributed by atoms with van der Waals surface area (Å²) in [6.45, 7) is 4.46. The first kappa shape index (κ1) is 31.1. The predicted octanol–water partition coefficient (Wildman–Crippen LogP) is 3.82. The number of nitrogens with one attached hydrogen (secondary N) is 3. The van der Waals surface area contributed by atoms with Gasteiger partial charge in [0, 0.05) is 43.0 Å². The molecule has 2 aromatic rings. The molecule has 1 saturated carbocycles. The zero-order valence-electron chi connectivity index (χ0n) is 23.5. The fourth-order valence-electron chi connectivity index (χ4n) is 5.50. The third kappa shape index (κ3) is 9.64. The Morgan fingerprint density at radius 2 is 1.82 bits per heavy atom. The molecule has 2 atom stereocenters. The average molecular weight is 553 g/mol. The molecule has 2 amide bonds. The number of carboxylic acid groups (broad SMARTS) is 1. The lowest BCUT2D eigenvalue weighted by atomic mass is 9.89. The van der Waals surface area contributed by atoms with E-state index < -0.39 is 12.1 Å². The summed E-state index contributed by atoms with van der Waals surface area (Å²) in [5, 5.41) is 27.9. The van der Waals surface area contributed by atoms with Crippen LogP contribution in [0.15, 0.2) is 48.5 Å². The molecule has 4 rings (SSSR count). The highest BCUT2D eigenvalue weighted by atomic mass is 16.3. The number of hydrogen-bond acceptors (Lipinski definition) is 6. The van der Waals surface area contributed by atoms with Crippen molar-refractivity contribution in [2.45, 2.75) is 70.4 Å². The smallest absolute Gasteiger partial charge is 0.290 e. The van der Waals surface area contributed by atoms with Gasteiger partial charge in [0.05, 0.1) is 12.1 Å². The number of carbonyl (C=O) groups excluding carboxylic acids is 2. The molecule has 1 aliphatic carbocycles. The minimum Gasteiger partial charge on any atom is -0.483 e. The van der Waals surface area contributed by atoms with Gasteiger partial charge in [-0.25, -0.2) is 0 Å². The van der Waals surface area contributed by atoms with E-state index in [9.17, 15) is 14.7 Å². The van der Waals surface area contributed by atoms with E-state index in [1.54, 1.807) is 11.0 Å². The van der Waals surface area contributed by atoms with E-state index >= 15 is 0 Å². The summed E-state index contributed by atoms with van der Waals surface area (Å²) in [6, 6.07) is 15.0. The van der Waals surface area contributed by atoms with Gasteiger partial charge in [-0.2, -0.15) is 0 Å². The van der Waals surface area contributed by atoms with Crippen LogP contribution in [0.2, 0.25) is 0 Å². The lowest BCUT2D eigenvalue weighted by molar-refractivity contribution is -0.123. The number of carbonyl (C=O) groups is 3. The number of benzene rings is 2. The summed E-state index contributed by atoms with van der Waals surface area (Å²) in [5.74, 6) is 0.505. The zero-order chi connectivity index (χ0) is 28.7. The van der Waals surface area contributed by atoms with Gasteiger partial charge < -0.3 is 31.1 Å². The van der Waals surface area contributed by atoms with E-state index in [4.69, 9.17) is 9.90 Å². The van der Waals surface area contributed by atoms with Crippen LogP contribution in [0, 0.1) is 5.92 Å². The van der Waals surface area contributed by atoms with Gasteiger partial charge in [0.1, 0.15) is 0 Å². The molecule has 218 valence electrons. The second-order valence-corrected chi connectivity index (χ2v) is 10.6. The monoisotopic (exact) mass is 552 g/mol. The molecule has 0 radical (unpaired) electrons. The third-order valence-electron chi connectivity index (χ3n) is 7.54. The lowest BCUT2D eigenvalue weighted by Gasteiger charge is -2.27. The van der Waals surface area contributed by atoms with E-state index in [1.807, 2.05) is 49.4 Å². The van der Waals surface area contributed by atoms with Crippen molar-refractivity contribution in [3.05, 3.63) is 59.7 Å². The summed E-state index contributed by atoms with van der Waals surface area (Å²) in [4.78, 5) is 36.0. The molecule has 2 aromatic carbocycles. The molecule has 2 aliphatic rings. The van der Waals surface area contributed by atoms with Gasteiger partial charge in [-0.15, -0.1) is 0 Å². The van der Waals surface area contributed by atoms with Gasteiger partial charge in [-0.05, 0) is 68.8 Å². The summed E-state index contributed by atoms with van der Waals surface area (Å²) in [7, 11) is 0. The molecule has 0 unspecified atom stereocenters. The Bertz CT molecular complexity index is 1070. The first-order valence-electron chi connectivity index (χ1n) is 14.5. The van der Waals surface area contributed by atoms with Crippen molar-refractivity contribution in [2.75, 3.05) is 36.4 Å². The standard InChI is InChI=1S/C30H42N4O3.CH2O2/c1-2-32-25-17-24(18-26(19-25)34-15-9-14-29(34)36)30(37)33-27(16-22-10-5-3-6-11-22)28(35)21-31-20-23-12-7-4-8-13-23;2-1-3/h3,5-6,10-11,17-19,23,27-28,31-32,35H,2,4,7-9,12-16,20-21H2,1H3,(H,33,37);1H,(H,2,3)/t27-,28+;/m0./s1. The normalized spacial score (nSPS) is 16.9. The third-order valence-corrected chi connectivity index (χ3v) is 7.54. The van der Waals surface area contributed by atoms with Crippen LogP contribution in [-0.2, 0) is 16.0 Å². The second kappa shape index (κ2) is 16.6. The van der Waals surface area contributed by atoms with Gasteiger partial charge in [0.2, 0.25) is 5.91 Å². The lowest BCUT2D eigenvalue weighted by Crippen LogP contribution is -2.49. The minimum absolute atomic E-state index is 0.0847. The Morgan fingerprint density at radius 1 is 1.10 bits per heavy atom. The van der Waals surface area contributed by atoms with E-state index in [0.717, 1.165) is 29.9 Å². The quantitative estimate of drug-likeness (QED) is 0.253. The molecule has 40 heavy (non-hydrogen) atoms. The highest BCUT2D eigenvalue weighted by molar-refractivity contribution is 6.00. The highest BCUT2D eigenvalue weighted by Crippen LogP contribution is 2.27. The Balaban J connectivity index is 0.00000141. The Kier molecular flexibility index (Phi) is 12.9. The SMILES string of the molecule is CCNc1cc(C(=O)N[C@@H](Cc2ccccc2)[C@H](O)CNCC2CCCCC2)cc(N2CCCC2=O)c1.O=CO. The number of amides is 2. The number of aliphatic hydroxyl groups excluding tert-OH is 1. The first-order chi connectivity index (χ1) is 19.4. The molecular formula is C31H44N4O5. The van der Waals surface area contributed by atoms with E-state index in [-0.39, 0.29) is 18.3 Å². The summed E-state index contributed by atoms with van der Waals surface area (Å²) >= 11 is 0. The molecule has 9 heteroatoms. The number of nitrogens with zero attached hydrogens (tertiary/aromatic N) is 1. The fraction of sp³-hybridized carbons (Fsp3) is 0.516. The van der Waals surface area contributed by atoms with E-state index in [0.29, 0.717) is 44.0 Å². The van der Waals surface area contributed by atoms with Crippen LogP contribution in [0.1, 0.15) is 67.8 Å². The van der Waals surface area contributed by atoms with Crippen molar-refractivity contribution in [2.24, 2.45) is 5.92 Å². The van der Waals surface area contributed by atoms with Crippen LogP contribution < -0.4 is 20.9 Å². The van der Waals surface area contributed by atoms with Crippen LogP contribution >= 0.6 is 0 Å². The van der Waals surface area contributed by atoms with Gasteiger partial charge in [-0.1, -0.05) is 49.6 Å². The highest BCUT2D eigenvalue weighted by Gasteiger charge is 2.26. The van der Waals surface area contributed by atoms with Crippen molar-refractivity contribution in [1.82, 2.24) is 10.6 Å². The molecule has 9 nitrogen and oxygen atoms in total. The maximum Gasteiger partial charge on any atom is 0.290 e. The van der Waals surface area contributed by atoms with Gasteiger partial charge >= 0.3 is 0 Å². The van der Waals surface area contributed by atoms with Crippen LogP contribution in [0.25, 0.3) is 0 Å². The molecule has 0 spiro atoms. The van der Waals surface area contributed by atoms with Crippen LogP contribution in [0.3, 0.4) is 0 Å². The summed E-state index contributed by atoms with van der Waals surface area (Å²) in [6.07, 6.45) is 7.56. The molecule has 1 saturated heterocycles. The molecule has 0 bridgehead atoms.